The third kappa shape index (κ3) is 4.59. The highest BCUT2D eigenvalue weighted by Gasteiger charge is 2.22. The van der Waals surface area contributed by atoms with E-state index < -0.39 is 23.5 Å². The predicted octanol–water partition coefficient (Wildman–Crippen LogP) is 3.51. The van der Waals surface area contributed by atoms with Gasteiger partial charge in [0.25, 0.3) is 5.91 Å². The lowest BCUT2D eigenvalue weighted by molar-refractivity contribution is -0.142. The number of carboxylic acid groups (broad SMARTS) is 1. The molecule has 0 spiro atoms. The molecule has 0 bridgehead atoms. The maximum Gasteiger partial charge on any atom is 0.336 e. The van der Waals surface area contributed by atoms with E-state index in [1.165, 1.54) is 23.5 Å². The van der Waals surface area contributed by atoms with Gasteiger partial charge in [0.2, 0.25) is 0 Å². The van der Waals surface area contributed by atoms with Gasteiger partial charge < -0.3 is 19.6 Å². The Labute approximate surface area is 180 Å². The SMILES string of the molecule is Cc1cc(=O)oc2cc(OCC(=O)NC(Cc3csc4ccccc34)C(=O)O)ccc12. The Bertz CT molecular complexity index is 1340. The highest BCUT2D eigenvalue weighted by molar-refractivity contribution is 7.17. The monoisotopic (exact) mass is 437 g/mol. The van der Waals surface area contributed by atoms with E-state index in [1.807, 2.05) is 29.6 Å². The van der Waals surface area contributed by atoms with Crippen molar-refractivity contribution < 1.29 is 23.8 Å². The summed E-state index contributed by atoms with van der Waals surface area (Å²) in [5.74, 6) is -1.34. The van der Waals surface area contributed by atoms with Gasteiger partial charge >= 0.3 is 11.6 Å². The van der Waals surface area contributed by atoms with Crippen molar-refractivity contribution in [1.29, 1.82) is 0 Å². The van der Waals surface area contributed by atoms with E-state index in [2.05, 4.69) is 5.32 Å². The molecule has 31 heavy (non-hydrogen) atoms. The second-order valence-electron chi connectivity index (χ2n) is 7.11. The summed E-state index contributed by atoms with van der Waals surface area (Å²) < 4.78 is 11.7. The zero-order valence-corrected chi connectivity index (χ0v) is 17.4. The summed E-state index contributed by atoms with van der Waals surface area (Å²) in [6.07, 6.45) is 0.172. The molecule has 1 atom stereocenters. The highest BCUT2D eigenvalue weighted by Crippen LogP contribution is 2.26. The molecule has 2 aromatic heterocycles. The molecule has 0 fully saturated rings. The number of thiophene rings is 1. The molecule has 0 saturated carbocycles. The molecule has 2 heterocycles. The summed E-state index contributed by atoms with van der Waals surface area (Å²) in [7, 11) is 0. The molecule has 7 nitrogen and oxygen atoms in total. The normalized spacial score (nSPS) is 12.0. The van der Waals surface area contributed by atoms with Gasteiger partial charge in [0.15, 0.2) is 6.61 Å². The Morgan fingerprint density at radius 3 is 2.77 bits per heavy atom. The second kappa shape index (κ2) is 8.61. The Balaban J connectivity index is 1.42. The number of rotatable bonds is 7. The van der Waals surface area contributed by atoms with Crippen LogP contribution < -0.4 is 15.7 Å². The maximum absolute atomic E-state index is 12.3. The van der Waals surface area contributed by atoms with Crippen molar-refractivity contribution in [2.75, 3.05) is 6.61 Å². The van der Waals surface area contributed by atoms with Crippen LogP contribution in [0.1, 0.15) is 11.1 Å². The van der Waals surface area contributed by atoms with E-state index in [9.17, 15) is 19.5 Å². The zero-order valence-electron chi connectivity index (χ0n) is 16.6. The van der Waals surface area contributed by atoms with Gasteiger partial charge in [-0.1, -0.05) is 18.2 Å². The van der Waals surface area contributed by atoms with Gasteiger partial charge in [-0.3, -0.25) is 4.79 Å². The van der Waals surface area contributed by atoms with Crippen molar-refractivity contribution >= 4 is 44.3 Å². The third-order valence-corrected chi connectivity index (χ3v) is 5.92. The van der Waals surface area contributed by atoms with Crippen LogP contribution in [-0.4, -0.2) is 29.6 Å². The zero-order chi connectivity index (χ0) is 22.0. The molecule has 2 N–H and O–H groups in total. The lowest BCUT2D eigenvalue weighted by atomic mass is 10.1. The van der Waals surface area contributed by atoms with Crippen LogP contribution in [0.25, 0.3) is 21.1 Å². The average molecular weight is 437 g/mol. The van der Waals surface area contributed by atoms with Gasteiger partial charge in [0.1, 0.15) is 17.4 Å². The maximum atomic E-state index is 12.3. The van der Waals surface area contributed by atoms with Crippen LogP contribution in [0.3, 0.4) is 0 Å². The topological polar surface area (TPSA) is 106 Å². The van der Waals surface area contributed by atoms with Crippen LogP contribution in [0.4, 0.5) is 0 Å². The molecule has 2 aromatic carbocycles. The van der Waals surface area contributed by atoms with E-state index >= 15 is 0 Å². The second-order valence-corrected chi connectivity index (χ2v) is 8.03. The molecule has 158 valence electrons. The van der Waals surface area contributed by atoms with Gasteiger partial charge in [-0.25, -0.2) is 9.59 Å². The first-order chi connectivity index (χ1) is 14.9. The van der Waals surface area contributed by atoms with E-state index in [4.69, 9.17) is 9.15 Å². The largest absolute Gasteiger partial charge is 0.484 e. The first kappa shape index (κ1) is 20.6. The van der Waals surface area contributed by atoms with Gasteiger partial charge in [-0.15, -0.1) is 11.3 Å². The molecular weight excluding hydrogens is 418 g/mol. The van der Waals surface area contributed by atoms with Crippen molar-refractivity contribution in [3.05, 3.63) is 75.5 Å². The van der Waals surface area contributed by atoms with E-state index in [0.29, 0.717) is 11.3 Å². The fourth-order valence-electron chi connectivity index (χ4n) is 3.39. The smallest absolute Gasteiger partial charge is 0.336 e. The summed E-state index contributed by atoms with van der Waals surface area (Å²) >= 11 is 1.54. The van der Waals surface area contributed by atoms with Crippen LogP contribution in [0, 0.1) is 6.92 Å². The molecule has 0 aliphatic heterocycles. The van der Waals surface area contributed by atoms with E-state index in [1.54, 1.807) is 19.1 Å². The van der Waals surface area contributed by atoms with Gasteiger partial charge in [-0.05, 0) is 47.0 Å². The number of fused-ring (bicyclic) bond motifs is 2. The molecule has 0 aliphatic carbocycles. The molecule has 0 saturated heterocycles. The molecule has 0 radical (unpaired) electrons. The van der Waals surface area contributed by atoms with Gasteiger partial charge in [0.05, 0.1) is 0 Å². The molecule has 1 unspecified atom stereocenters. The fraction of sp³-hybridized carbons (Fsp3) is 0.174. The Morgan fingerprint density at radius 2 is 1.97 bits per heavy atom. The number of carboxylic acids is 1. The number of amides is 1. The molecule has 4 rings (SSSR count). The average Bonchev–Trinajstić information content (AvgIpc) is 3.14. The molecule has 8 heteroatoms. The van der Waals surface area contributed by atoms with Crippen molar-refractivity contribution in [3.8, 4) is 5.75 Å². The number of carbonyl (C=O) groups is 2. The number of benzene rings is 2. The van der Waals surface area contributed by atoms with E-state index in [-0.39, 0.29) is 13.0 Å². The van der Waals surface area contributed by atoms with Gasteiger partial charge in [0, 0.05) is 28.6 Å². The minimum absolute atomic E-state index is 0.172. The van der Waals surface area contributed by atoms with Crippen LogP contribution in [-0.2, 0) is 16.0 Å². The summed E-state index contributed by atoms with van der Waals surface area (Å²) in [6.45, 7) is 1.44. The number of aliphatic carboxylic acids is 1. The molecule has 1 amide bonds. The number of ether oxygens (including phenoxy) is 1. The molecule has 4 aromatic rings. The predicted molar refractivity (Wildman–Crippen MR) is 118 cm³/mol. The number of hydrogen-bond acceptors (Lipinski definition) is 6. The van der Waals surface area contributed by atoms with Crippen LogP contribution >= 0.6 is 11.3 Å². The van der Waals surface area contributed by atoms with Gasteiger partial charge in [-0.2, -0.15) is 0 Å². The number of nitrogens with one attached hydrogen (secondary N) is 1. The number of aryl methyl sites for hydroxylation is 1. The Kier molecular flexibility index (Phi) is 5.73. The Hall–Kier alpha value is -3.65. The van der Waals surface area contributed by atoms with E-state index in [0.717, 1.165) is 26.6 Å². The summed E-state index contributed by atoms with van der Waals surface area (Å²) in [5.41, 5.74) is 1.54. The highest BCUT2D eigenvalue weighted by atomic mass is 32.1. The third-order valence-electron chi connectivity index (χ3n) is 4.91. The van der Waals surface area contributed by atoms with Crippen molar-refractivity contribution in [1.82, 2.24) is 5.32 Å². The summed E-state index contributed by atoms with van der Waals surface area (Å²) in [6, 6.07) is 13.0. The Morgan fingerprint density at radius 1 is 1.16 bits per heavy atom. The van der Waals surface area contributed by atoms with Crippen molar-refractivity contribution in [2.24, 2.45) is 0 Å². The first-order valence-electron chi connectivity index (χ1n) is 9.55. The number of carbonyl (C=O) groups excluding carboxylic acids is 1. The lowest BCUT2D eigenvalue weighted by Crippen LogP contribution is -2.44. The minimum Gasteiger partial charge on any atom is -0.484 e. The summed E-state index contributed by atoms with van der Waals surface area (Å²) in [5, 5.41) is 15.7. The van der Waals surface area contributed by atoms with Crippen molar-refractivity contribution in [2.45, 2.75) is 19.4 Å². The molecule has 0 aliphatic rings. The number of hydrogen-bond donors (Lipinski definition) is 2. The van der Waals surface area contributed by atoms with Crippen LogP contribution in [0.15, 0.2) is 63.1 Å². The summed E-state index contributed by atoms with van der Waals surface area (Å²) in [4.78, 5) is 35.6. The van der Waals surface area contributed by atoms with Crippen LogP contribution in [0.5, 0.6) is 5.75 Å². The minimum atomic E-state index is -1.12. The van der Waals surface area contributed by atoms with Crippen molar-refractivity contribution in [3.63, 3.8) is 0 Å². The quantitative estimate of drug-likeness (QED) is 0.429. The van der Waals surface area contributed by atoms with Crippen LogP contribution in [0.2, 0.25) is 0 Å². The standard InChI is InChI=1S/C23H19NO6S/c1-13-8-22(26)30-19-10-15(6-7-16(13)19)29-11-21(25)24-18(23(27)28)9-14-12-31-20-5-3-2-4-17(14)20/h2-8,10,12,18H,9,11H2,1H3,(H,24,25)(H,27,28). The fourth-order valence-corrected chi connectivity index (χ4v) is 4.37. The lowest BCUT2D eigenvalue weighted by Gasteiger charge is -2.15. The first-order valence-corrected chi connectivity index (χ1v) is 10.4. The molecular formula is C23H19NO6S.